The Kier molecular flexibility index (Phi) is 6.94. The minimum atomic E-state index is -1.16. The molecule has 1 atom stereocenters. The second-order valence-electron chi connectivity index (χ2n) is 6.10. The number of nitrogens with two attached hydrogens (primary N) is 1. The van der Waals surface area contributed by atoms with Gasteiger partial charge in [-0.05, 0) is 38.5 Å². The van der Waals surface area contributed by atoms with Gasteiger partial charge in [0.25, 0.3) is 5.91 Å². The normalized spacial score (nSPS) is 12.0. The molecule has 0 unspecified atom stereocenters. The molecule has 28 heavy (non-hydrogen) atoms. The van der Waals surface area contributed by atoms with Crippen molar-refractivity contribution in [1.82, 2.24) is 15.1 Å². The molecule has 0 saturated carbocycles. The van der Waals surface area contributed by atoms with Crippen molar-refractivity contribution in [2.24, 2.45) is 5.73 Å². The Morgan fingerprint density at radius 2 is 2.00 bits per heavy atom. The molecule has 2 rings (SSSR count). The van der Waals surface area contributed by atoms with Gasteiger partial charge < -0.3 is 10.5 Å². The van der Waals surface area contributed by atoms with Crippen LogP contribution in [0, 0.1) is 13.8 Å². The number of nitrogens with one attached hydrogen (secondary N) is 1. The third-order valence-electron chi connectivity index (χ3n) is 4.01. The SMILES string of the molecule is Cc1nn(Cc2ccccc2Cl)c(C)c1/C=C/C(=O)O[C@@H](C)C(=O)NC(N)=O. The summed E-state index contributed by atoms with van der Waals surface area (Å²) in [6.07, 6.45) is 1.61. The zero-order valence-electron chi connectivity index (χ0n) is 15.7. The first-order valence-corrected chi connectivity index (χ1v) is 8.83. The average molecular weight is 405 g/mol. The summed E-state index contributed by atoms with van der Waals surface area (Å²) >= 11 is 6.20. The lowest BCUT2D eigenvalue weighted by molar-refractivity contribution is -0.149. The highest BCUT2D eigenvalue weighted by Gasteiger charge is 2.18. The third kappa shape index (κ3) is 5.43. The first kappa shape index (κ1) is 21.2. The molecule has 1 aromatic heterocycles. The number of ether oxygens (including phenoxy) is 1. The van der Waals surface area contributed by atoms with E-state index in [1.165, 1.54) is 13.0 Å². The maximum atomic E-state index is 11.9. The van der Waals surface area contributed by atoms with E-state index in [9.17, 15) is 14.4 Å². The molecular formula is C19H21ClN4O4. The van der Waals surface area contributed by atoms with Crippen molar-refractivity contribution >= 4 is 35.6 Å². The number of amides is 3. The van der Waals surface area contributed by atoms with Crippen molar-refractivity contribution in [3.8, 4) is 0 Å². The number of imide groups is 1. The number of nitrogens with zero attached hydrogens (tertiary/aromatic N) is 2. The largest absolute Gasteiger partial charge is 0.449 e. The number of hydrogen-bond donors (Lipinski definition) is 2. The van der Waals surface area contributed by atoms with Crippen LogP contribution in [0.3, 0.4) is 0 Å². The Balaban J connectivity index is 2.08. The van der Waals surface area contributed by atoms with E-state index < -0.39 is 24.0 Å². The highest BCUT2D eigenvalue weighted by atomic mass is 35.5. The van der Waals surface area contributed by atoms with Crippen LogP contribution in [0.5, 0.6) is 0 Å². The summed E-state index contributed by atoms with van der Waals surface area (Å²) in [4.78, 5) is 34.1. The van der Waals surface area contributed by atoms with Crippen LogP contribution < -0.4 is 11.1 Å². The molecule has 0 aliphatic heterocycles. The highest BCUT2D eigenvalue weighted by molar-refractivity contribution is 6.31. The number of hydrogen-bond acceptors (Lipinski definition) is 5. The fourth-order valence-electron chi connectivity index (χ4n) is 2.54. The molecule has 0 aliphatic carbocycles. The quantitative estimate of drug-likeness (QED) is 0.566. The maximum absolute atomic E-state index is 11.9. The van der Waals surface area contributed by atoms with Gasteiger partial charge in [-0.25, -0.2) is 9.59 Å². The van der Waals surface area contributed by atoms with Gasteiger partial charge in [-0.3, -0.25) is 14.8 Å². The average Bonchev–Trinajstić information content (AvgIpc) is 2.88. The van der Waals surface area contributed by atoms with E-state index in [2.05, 4.69) is 5.10 Å². The molecule has 3 N–H and O–H groups in total. The molecule has 0 radical (unpaired) electrons. The van der Waals surface area contributed by atoms with Gasteiger partial charge in [-0.2, -0.15) is 5.10 Å². The molecule has 9 heteroatoms. The van der Waals surface area contributed by atoms with Crippen LogP contribution in [0.4, 0.5) is 4.79 Å². The van der Waals surface area contributed by atoms with Crippen molar-refractivity contribution in [2.45, 2.75) is 33.4 Å². The third-order valence-corrected chi connectivity index (χ3v) is 4.38. The van der Waals surface area contributed by atoms with Crippen LogP contribution in [-0.2, 0) is 20.9 Å². The number of benzene rings is 1. The van der Waals surface area contributed by atoms with Gasteiger partial charge in [0.2, 0.25) is 0 Å². The van der Waals surface area contributed by atoms with Gasteiger partial charge in [0.15, 0.2) is 6.10 Å². The van der Waals surface area contributed by atoms with Crippen molar-refractivity contribution in [3.05, 3.63) is 57.9 Å². The Labute approximate surface area is 167 Å². The molecular weight excluding hydrogens is 384 g/mol. The fourth-order valence-corrected chi connectivity index (χ4v) is 2.73. The lowest BCUT2D eigenvalue weighted by atomic mass is 10.1. The molecule has 3 amide bonds. The van der Waals surface area contributed by atoms with Gasteiger partial charge >= 0.3 is 12.0 Å². The number of carbonyl (C=O) groups is 3. The number of primary amides is 1. The number of halogens is 1. The van der Waals surface area contributed by atoms with E-state index in [1.807, 2.05) is 43.4 Å². The predicted molar refractivity (Wildman–Crippen MR) is 105 cm³/mol. The van der Waals surface area contributed by atoms with Crippen molar-refractivity contribution in [3.63, 3.8) is 0 Å². The van der Waals surface area contributed by atoms with Crippen LogP contribution in [0.25, 0.3) is 6.08 Å². The Hall–Kier alpha value is -3.13. The van der Waals surface area contributed by atoms with Crippen LogP contribution in [0.15, 0.2) is 30.3 Å². The summed E-state index contributed by atoms with van der Waals surface area (Å²) < 4.78 is 6.74. The predicted octanol–water partition coefficient (Wildman–Crippen LogP) is 2.34. The van der Waals surface area contributed by atoms with E-state index in [0.29, 0.717) is 11.6 Å². The number of esters is 1. The first-order valence-electron chi connectivity index (χ1n) is 8.45. The van der Waals surface area contributed by atoms with Gasteiger partial charge in [0.05, 0.1) is 12.2 Å². The molecule has 0 aliphatic rings. The maximum Gasteiger partial charge on any atom is 0.331 e. The molecule has 0 fully saturated rings. The lowest BCUT2D eigenvalue weighted by Gasteiger charge is -2.10. The summed E-state index contributed by atoms with van der Waals surface area (Å²) in [7, 11) is 0. The molecule has 0 spiro atoms. The number of rotatable bonds is 6. The molecule has 0 bridgehead atoms. The molecule has 148 valence electrons. The van der Waals surface area contributed by atoms with Gasteiger partial charge in [-0.1, -0.05) is 29.8 Å². The summed E-state index contributed by atoms with van der Waals surface area (Å²) in [6.45, 7) is 5.53. The Bertz CT molecular complexity index is 936. The minimum Gasteiger partial charge on any atom is -0.449 e. The zero-order valence-corrected chi connectivity index (χ0v) is 16.5. The summed E-state index contributed by atoms with van der Waals surface area (Å²) in [5.74, 6) is -1.53. The molecule has 0 saturated heterocycles. The standard InChI is InChI=1S/C19H21ClN4O4/c1-11-15(8-9-17(25)28-13(3)18(26)22-19(21)27)12(2)24(23-11)10-14-6-4-5-7-16(14)20/h4-9,13H,10H2,1-3H3,(H3,21,22,26,27)/b9-8+/t13-/m0/s1. The van der Waals surface area contributed by atoms with Gasteiger partial charge in [0, 0.05) is 22.4 Å². The van der Waals surface area contributed by atoms with Gasteiger partial charge in [0.1, 0.15) is 0 Å². The molecule has 1 aromatic carbocycles. The minimum absolute atomic E-state index is 0.495. The fraction of sp³-hybridized carbons (Fsp3) is 0.263. The summed E-state index contributed by atoms with van der Waals surface area (Å²) in [5.41, 5.74) is 8.12. The Morgan fingerprint density at radius 3 is 2.64 bits per heavy atom. The van der Waals surface area contributed by atoms with Crippen molar-refractivity contribution in [1.29, 1.82) is 0 Å². The van der Waals surface area contributed by atoms with Crippen molar-refractivity contribution < 1.29 is 19.1 Å². The number of aromatic nitrogens is 2. The topological polar surface area (TPSA) is 116 Å². The first-order chi connectivity index (χ1) is 13.2. The van der Waals surface area contributed by atoms with E-state index in [4.69, 9.17) is 22.1 Å². The van der Waals surface area contributed by atoms with E-state index >= 15 is 0 Å². The summed E-state index contributed by atoms with van der Waals surface area (Å²) in [5, 5.41) is 6.98. The molecule has 2 aromatic rings. The monoisotopic (exact) mass is 404 g/mol. The van der Waals surface area contributed by atoms with E-state index in [0.717, 1.165) is 22.5 Å². The van der Waals surface area contributed by atoms with Crippen LogP contribution in [0.1, 0.15) is 29.4 Å². The van der Waals surface area contributed by atoms with E-state index in [1.54, 1.807) is 10.8 Å². The van der Waals surface area contributed by atoms with Gasteiger partial charge in [-0.15, -0.1) is 0 Å². The smallest absolute Gasteiger partial charge is 0.331 e. The second-order valence-corrected chi connectivity index (χ2v) is 6.51. The van der Waals surface area contributed by atoms with E-state index in [-0.39, 0.29) is 0 Å². The summed E-state index contributed by atoms with van der Waals surface area (Å²) in [6, 6.07) is 6.48. The van der Waals surface area contributed by atoms with Crippen LogP contribution >= 0.6 is 11.6 Å². The highest BCUT2D eigenvalue weighted by Crippen LogP contribution is 2.20. The second kappa shape index (κ2) is 9.18. The van der Waals surface area contributed by atoms with Crippen molar-refractivity contribution in [2.75, 3.05) is 0 Å². The van der Waals surface area contributed by atoms with Crippen LogP contribution in [0.2, 0.25) is 5.02 Å². The number of urea groups is 1. The molecule has 1 heterocycles. The van der Waals surface area contributed by atoms with Crippen LogP contribution in [-0.4, -0.2) is 33.8 Å². The molecule has 8 nitrogen and oxygen atoms in total. The Morgan fingerprint density at radius 1 is 1.32 bits per heavy atom. The lowest BCUT2D eigenvalue weighted by Crippen LogP contribution is -2.42. The zero-order chi connectivity index (χ0) is 20.8. The number of aryl methyl sites for hydroxylation is 1. The number of carbonyl (C=O) groups excluding carboxylic acids is 3.